The first kappa shape index (κ1) is 7.57. The summed E-state index contributed by atoms with van der Waals surface area (Å²) in [4.78, 5) is 21.1. The maximum Gasteiger partial charge on any atom is 0.235 e. The zero-order chi connectivity index (χ0) is 8.10. The summed E-state index contributed by atoms with van der Waals surface area (Å²) in [6.07, 6.45) is 4.62. The average Bonchev–Trinajstić information content (AvgIpc) is 2.03. The minimum atomic E-state index is 0.267. The molecule has 0 atom stereocenters. The van der Waals surface area contributed by atoms with Crippen LogP contribution >= 0.6 is 0 Å². The smallest absolute Gasteiger partial charge is 0.235 e. The van der Waals surface area contributed by atoms with Gasteiger partial charge in [-0.1, -0.05) is 0 Å². The summed E-state index contributed by atoms with van der Waals surface area (Å²) in [5, 5.41) is 0. The zero-order valence-electron chi connectivity index (χ0n) is 6.11. The molecule has 0 radical (unpaired) electrons. The fourth-order valence-electron chi connectivity index (χ4n) is 0.699. The molecule has 1 heterocycles. The van der Waals surface area contributed by atoms with Crippen LogP contribution in [0.2, 0.25) is 0 Å². The molecule has 1 aromatic rings. The van der Waals surface area contributed by atoms with Gasteiger partial charge in [0, 0.05) is 12.4 Å². The van der Waals surface area contributed by atoms with E-state index in [1.54, 1.807) is 12.4 Å². The lowest BCUT2D eigenvalue weighted by molar-refractivity contribution is 0.562. The Morgan fingerprint density at radius 1 is 1.55 bits per heavy atom. The van der Waals surface area contributed by atoms with Crippen LogP contribution in [0.5, 0.6) is 0 Å². The van der Waals surface area contributed by atoms with E-state index >= 15 is 0 Å². The number of carbonyl (C=O) groups excluding carboxylic acids is 1. The number of nitrogens with zero attached hydrogens (tertiary/aromatic N) is 3. The van der Waals surface area contributed by atoms with Gasteiger partial charge in [0.2, 0.25) is 6.08 Å². The van der Waals surface area contributed by atoms with Crippen molar-refractivity contribution in [2.24, 2.45) is 4.99 Å². The average molecular weight is 149 g/mol. The lowest BCUT2D eigenvalue weighted by Gasteiger charge is -1.95. The van der Waals surface area contributed by atoms with Crippen LogP contribution in [0.25, 0.3) is 0 Å². The molecule has 0 aliphatic heterocycles. The third-order valence-electron chi connectivity index (χ3n) is 1.28. The molecule has 0 N–H and O–H groups in total. The van der Waals surface area contributed by atoms with E-state index in [1.807, 2.05) is 6.92 Å². The summed E-state index contributed by atoms with van der Waals surface area (Å²) in [6, 6.07) is 0. The van der Waals surface area contributed by atoms with E-state index in [2.05, 4.69) is 15.0 Å². The molecule has 0 aliphatic rings. The number of isocyanates is 1. The Labute approximate surface area is 64.0 Å². The van der Waals surface area contributed by atoms with Gasteiger partial charge < -0.3 is 0 Å². The summed E-state index contributed by atoms with van der Waals surface area (Å²) in [7, 11) is 0. The molecule has 0 unspecified atom stereocenters. The van der Waals surface area contributed by atoms with Crippen molar-refractivity contribution in [3.63, 3.8) is 0 Å². The lowest BCUT2D eigenvalue weighted by Crippen LogP contribution is -1.93. The predicted octanol–water partition coefficient (Wildman–Crippen LogP) is 0.621. The molecule has 0 bridgehead atoms. The normalized spacial score (nSPS) is 8.82. The topological polar surface area (TPSA) is 55.2 Å². The summed E-state index contributed by atoms with van der Waals surface area (Å²) in [6.45, 7) is 2.09. The van der Waals surface area contributed by atoms with Crippen LogP contribution in [-0.2, 0) is 11.3 Å². The summed E-state index contributed by atoms with van der Waals surface area (Å²) in [5.74, 6) is 0. The molecule has 0 aliphatic carbocycles. The van der Waals surface area contributed by atoms with E-state index in [0.717, 1.165) is 11.4 Å². The molecule has 4 nitrogen and oxygen atoms in total. The van der Waals surface area contributed by atoms with Crippen molar-refractivity contribution in [2.45, 2.75) is 13.5 Å². The highest BCUT2D eigenvalue weighted by atomic mass is 16.1. The minimum absolute atomic E-state index is 0.267. The number of hydrogen-bond acceptors (Lipinski definition) is 4. The quantitative estimate of drug-likeness (QED) is 0.457. The minimum Gasteiger partial charge on any atom is -0.258 e. The Kier molecular flexibility index (Phi) is 2.47. The first-order valence-electron chi connectivity index (χ1n) is 3.14. The molecule has 0 saturated heterocycles. The second-order valence-electron chi connectivity index (χ2n) is 2.00. The Morgan fingerprint density at radius 2 is 2.27 bits per heavy atom. The first-order valence-corrected chi connectivity index (χ1v) is 3.14. The van der Waals surface area contributed by atoms with Gasteiger partial charge >= 0.3 is 0 Å². The van der Waals surface area contributed by atoms with Gasteiger partial charge in [0.25, 0.3) is 0 Å². The monoisotopic (exact) mass is 149 g/mol. The Morgan fingerprint density at radius 3 is 2.91 bits per heavy atom. The fraction of sp³-hybridized carbons (Fsp3) is 0.286. The van der Waals surface area contributed by atoms with Crippen LogP contribution < -0.4 is 0 Å². The molecule has 0 saturated carbocycles. The number of aryl methyl sites for hydroxylation is 1. The van der Waals surface area contributed by atoms with Crippen molar-refractivity contribution in [3.8, 4) is 0 Å². The van der Waals surface area contributed by atoms with Crippen molar-refractivity contribution < 1.29 is 4.79 Å². The van der Waals surface area contributed by atoms with Crippen LogP contribution in [0, 0.1) is 6.92 Å². The molecular formula is C7H7N3O. The van der Waals surface area contributed by atoms with Gasteiger partial charge in [-0.3, -0.25) is 9.97 Å². The van der Waals surface area contributed by atoms with Crippen molar-refractivity contribution in [3.05, 3.63) is 23.8 Å². The molecule has 1 aromatic heterocycles. The van der Waals surface area contributed by atoms with E-state index in [-0.39, 0.29) is 6.54 Å². The number of aromatic nitrogens is 2. The SMILES string of the molecule is Cc1nccnc1CN=C=O. The third kappa shape index (κ3) is 1.95. The van der Waals surface area contributed by atoms with Gasteiger partial charge in [0.1, 0.15) is 0 Å². The Balaban J connectivity index is 2.85. The maximum absolute atomic E-state index is 9.75. The van der Waals surface area contributed by atoms with Gasteiger partial charge in [-0.15, -0.1) is 0 Å². The van der Waals surface area contributed by atoms with Crippen LogP contribution in [0.1, 0.15) is 11.4 Å². The van der Waals surface area contributed by atoms with E-state index in [1.165, 1.54) is 6.08 Å². The van der Waals surface area contributed by atoms with Gasteiger partial charge in [-0.05, 0) is 6.92 Å². The van der Waals surface area contributed by atoms with Crippen LogP contribution in [0.15, 0.2) is 17.4 Å². The Hall–Kier alpha value is -1.54. The van der Waals surface area contributed by atoms with E-state index in [0.29, 0.717) is 0 Å². The highest BCUT2D eigenvalue weighted by Gasteiger charge is 1.96. The largest absolute Gasteiger partial charge is 0.258 e. The molecule has 0 aromatic carbocycles. The highest BCUT2D eigenvalue weighted by Crippen LogP contribution is 1.99. The molecule has 56 valence electrons. The molecule has 11 heavy (non-hydrogen) atoms. The van der Waals surface area contributed by atoms with Gasteiger partial charge in [-0.25, -0.2) is 4.79 Å². The van der Waals surface area contributed by atoms with Crippen molar-refractivity contribution in [1.82, 2.24) is 9.97 Å². The first-order chi connectivity index (χ1) is 5.34. The fourth-order valence-corrected chi connectivity index (χ4v) is 0.699. The highest BCUT2D eigenvalue weighted by molar-refractivity contribution is 5.33. The van der Waals surface area contributed by atoms with Crippen LogP contribution in [0.3, 0.4) is 0 Å². The summed E-state index contributed by atoms with van der Waals surface area (Å²) in [5.41, 5.74) is 1.52. The second-order valence-corrected chi connectivity index (χ2v) is 2.00. The van der Waals surface area contributed by atoms with E-state index in [4.69, 9.17) is 0 Å². The predicted molar refractivity (Wildman–Crippen MR) is 38.6 cm³/mol. The molecular weight excluding hydrogens is 142 g/mol. The van der Waals surface area contributed by atoms with Crippen molar-refractivity contribution >= 4 is 6.08 Å². The second kappa shape index (κ2) is 3.58. The maximum atomic E-state index is 9.75. The van der Waals surface area contributed by atoms with Gasteiger partial charge in [0.15, 0.2) is 0 Å². The third-order valence-corrected chi connectivity index (χ3v) is 1.28. The van der Waals surface area contributed by atoms with Crippen molar-refractivity contribution in [2.75, 3.05) is 0 Å². The Bertz CT molecular complexity index is 291. The standard InChI is InChI=1S/C7H7N3O/c1-6-7(4-8-5-11)10-3-2-9-6/h2-3H,4H2,1H3. The summed E-state index contributed by atoms with van der Waals surface area (Å²) >= 11 is 0. The molecule has 0 amide bonds. The zero-order valence-corrected chi connectivity index (χ0v) is 6.11. The molecule has 1 rings (SSSR count). The van der Waals surface area contributed by atoms with Gasteiger partial charge in [0.05, 0.1) is 17.9 Å². The number of rotatable bonds is 2. The van der Waals surface area contributed by atoms with Crippen LogP contribution in [0.4, 0.5) is 0 Å². The van der Waals surface area contributed by atoms with E-state index < -0.39 is 0 Å². The molecule has 0 fully saturated rings. The van der Waals surface area contributed by atoms with E-state index in [9.17, 15) is 4.79 Å². The van der Waals surface area contributed by atoms with Crippen molar-refractivity contribution in [1.29, 1.82) is 0 Å². The summed E-state index contributed by atoms with van der Waals surface area (Å²) < 4.78 is 0. The number of aliphatic imine (C=N–C) groups is 1. The number of hydrogen-bond donors (Lipinski definition) is 0. The lowest BCUT2D eigenvalue weighted by atomic mass is 10.3. The molecule has 0 spiro atoms. The molecule has 4 heteroatoms. The van der Waals surface area contributed by atoms with Gasteiger partial charge in [-0.2, -0.15) is 4.99 Å². The van der Waals surface area contributed by atoms with Crippen LogP contribution in [-0.4, -0.2) is 16.0 Å².